The molecule has 0 aliphatic heterocycles. The molecule has 0 fully saturated rings. The van der Waals surface area contributed by atoms with E-state index in [0.29, 0.717) is 5.57 Å². The van der Waals surface area contributed by atoms with E-state index in [-0.39, 0.29) is 0 Å². The first-order chi connectivity index (χ1) is 8.88. The van der Waals surface area contributed by atoms with Gasteiger partial charge in [-0.05, 0) is 11.1 Å². The molecule has 0 heterocycles. The lowest BCUT2D eigenvalue weighted by molar-refractivity contribution is -0.177. The molecule has 0 saturated carbocycles. The van der Waals surface area contributed by atoms with Gasteiger partial charge in [-0.1, -0.05) is 48.6 Å². The van der Waals surface area contributed by atoms with Crippen molar-refractivity contribution in [3.05, 3.63) is 54.1 Å². The summed E-state index contributed by atoms with van der Waals surface area (Å²) in [4.78, 5) is 0. The Morgan fingerprint density at radius 2 is 1.84 bits per heavy atom. The number of rotatable bonds is 1. The predicted molar refractivity (Wildman–Crippen MR) is 65.6 cm³/mol. The summed E-state index contributed by atoms with van der Waals surface area (Å²) in [5.41, 5.74) is 4.05. The van der Waals surface area contributed by atoms with Gasteiger partial charge in [-0.15, -0.1) is 0 Å². The van der Waals surface area contributed by atoms with E-state index in [0.717, 1.165) is 11.6 Å². The number of hydrogen-bond donors (Lipinski definition) is 1. The number of halogens is 3. The zero-order chi connectivity index (χ0) is 14.1. The molecule has 0 radical (unpaired) electrons. The Balaban J connectivity index is 2.42. The van der Waals surface area contributed by atoms with Crippen LogP contribution in [0.3, 0.4) is 0 Å². The SMILES string of the molecule is N#CC1C=C(c2ccccc2)C=CC1(N)C(F)(F)F. The van der Waals surface area contributed by atoms with Crippen LogP contribution < -0.4 is 5.73 Å². The van der Waals surface area contributed by atoms with E-state index in [1.807, 2.05) is 0 Å². The van der Waals surface area contributed by atoms with Gasteiger partial charge in [0.05, 0.1) is 12.0 Å². The Kier molecular flexibility index (Phi) is 3.21. The van der Waals surface area contributed by atoms with Crippen LogP contribution in [-0.2, 0) is 0 Å². The summed E-state index contributed by atoms with van der Waals surface area (Å²) in [7, 11) is 0. The van der Waals surface area contributed by atoms with Crippen molar-refractivity contribution >= 4 is 5.57 Å². The maximum Gasteiger partial charge on any atom is 0.411 e. The average Bonchev–Trinajstić information content (AvgIpc) is 2.39. The smallest absolute Gasteiger partial charge is 0.313 e. The molecule has 0 spiro atoms. The van der Waals surface area contributed by atoms with Crippen LogP contribution >= 0.6 is 0 Å². The number of allylic oxidation sites excluding steroid dienone is 2. The number of hydrogen-bond acceptors (Lipinski definition) is 2. The van der Waals surface area contributed by atoms with Crippen LogP contribution in [0.1, 0.15) is 5.56 Å². The lowest BCUT2D eigenvalue weighted by Gasteiger charge is -2.34. The monoisotopic (exact) mass is 264 g/mol. The second kappa shape index (κ2) is 4.56. The van der Waals surface area contributed by atoms with Crippen LogP contribution in [0, 0.1) is 17.2 Å². The molecule has 2 rings (SSSR count). The van der Waals surface area contributed by atoms with Crippen LogP contribution in [0.2, 0.25) is 0 Å². The summed E-state index contributed by atoms with van der Waals surface area (Å²) in [5, 5.41) is 8.95. The van der Waals surface area contributed by atoms with Crippen molar-refractivity contribution in [1.29, 1.82) is 5.26 Å². The number of benzene rings is 1. The molecule has 2 N–H and O–H groups in total. The minimum absolute atomic E-state index is 0.567. The molecule has 0 saturated heterocycles. The predicted octanol–water partition coefficient (Wildman–Crippen LogP) is 3.04. The highest BCUT2D eigenvalue weighted by Crippen LogP contribution is 2.40. The molecule has 2 unspecified atom stereocenters. The van der Waals surface area contributed by atoms with Crippen molar-refractivity contribution in [3.8, 4) is 6.07 Å². The third-order valence-corrected chi connectivity index (χ3v) is 3.14. The van der Waals surface area contributed by atoms with Gasteiger partial charge in [-0.2, -0.15) is 18.4 Å². The summed E-state index contributed by atoms with van der Waals surface area (Å²) in [6.45, 7) is 0. The quantitative estimate of drug-likeness (QED) is 0.847. The van der Waals surface area contributed by atoms with Crippen LogP contribution in [-0.4, -0.2) is 11.7 Å². The molecule has 5 heteroatoms. The Morgan fingerprint density at radius 1 is 1.21 bits per heavy atom. The fraction of sp³-hybridized carbons (Fsp3) is 0.214. The Labute approximate surface area is 108 Å². The van der Waals surface area contributed by atoms with Crippen molar-refractivity contribution in [3.63, 3.8) is 0 Å². The molecule has 1 aliphatic carbocycles. The van der Waals surface area contributed by atoms with Gasteiger partial charge in [-0.25, -0.2) is 0 Å². The normalized spacial score (nSPS) is 26.7. The van der Waals surface area contributed by atoms with Crippen molar-refractivity contribution in [2.75, 3.05) is 0 Å². The molecular weight excluding hydrogens is 253 g/mol. The number of nitriles is 1. The summed E-state index contributed by atoms with van der Waals surface area (Å²) in [6.07, 6.45) is -1.22. The Morgan fingerprint density at radius 3 is 2.37 bits per heavy atom. The standard InChI is InChI=1S/C14H11F3N2/c15-14(16,17)13(19)7-6-11(8-12(13)9-18)10-4-2-1-3-5-10/h1-8,12H,19H2. The van der Waals surface area contributed by atoms with Crippen molar-refractivity contribution in [2.45, 2.75) is 11.7 Å². The minimum Gasteiger partial charge on any atom is -0.313 e. The van der Waals surface area contributed by atoms with E-state index in [2.05, 4.69) is 0 Å². The first-order valence-corrected chi connectivity index (χ1v) is 5.60. The van der Waals surface area contributed by atoms with E-state index in [9.17, 15) is 13.2 Å². The largest absolute Gasteiger partial charge is 0.411 e. The summed E-state index contributed by atoms with van der Waals surface area (Å²) < 4.78 is 38.8. The molecule has 0 aromatic heterocycles. The molecule has 1 aromatic carbocycles. The van der Waals surface area contributed by atoms with E-state index < -0.39 is 17.6 Å². The van der Waals surface area contributed by atoms with Gasteiger partial charge in [0.1, 0.15) is 0 Å². The van der Waals surface area contributed by atoms with Crippen LogP contribution in [0.15, 0.2) is 48.6 Å². The second-order valence-corrected chi connectivity index (χ2v) is 4.36. The molecule has 1 aliphatic rings. The maximum absolute atomic E-state index is 12.9. The van der Waals surface area contributed by atoms with Crippen LogP contribution in [0.5, 0.6) is 0 Å². The minimum atomic E-state index is -4.66. The molecule has 0 amide bonds. The van der Waals surface area contributed by atoms with Crippen LogP contribution in [0.25, 0.3) is 5.57 Å². The molecule has 2 atom stereocenters. The maximum atomic E-state index is 12.9. The van der Waals surface area contributed by atoms with Crippen LogP contribution in [0.4, 0.5) is 13.2 Å². The molecule has 1 aromatic rings. The van der Waals surface area contributed by atoms with Gasteiger partial charge >= 0.3 is 6.18 Å². The van der Waals surface area contributed by atoms with Gasteiger partial charge in [0.15, 0.2) is 5.54 Å². The van der Waals surface area contributed by atoms with E-state index in [1.165, 1.54) is 12.2 Å². The highest BCUT2D eigenvalue weighted by Gasteiger charge is 2.55. The third kappa shape index (κ3) is 2.27. The lowest BCUT2D eigenvalue weighted by atomic mass is 9.78. The zero-order valence-corrected chi connectivity index (χ0v) is 9.85. The molecule has 98 valence electrons. The van der Waals surface area contributed by atoms with Crippen molar-refractivity contribution < 1.29 is 13.2 Å². The highest BCUT2D eigenvalue weighted by molar-refractivity contribution is 5.76. The first kappa shape index (κ1) is 13.4. The van der Waals surface area contributed by atoms with E-state index >= 15 is 0 Å². The molecule has 19 heavy (non-hydrogen) atoms. The topological polar surface area (TPSA) is 49.8 Å². The number of nitrogens with two attached hydrogens (primary N) is 1. The second-order valence-electron chi connectivity index (χ2n) is 4.36. The fourth-order valence-corrected chi connectivity index (χ4v) is 1.94. The Bertz CT molecular complexity index is 567. The first-order valence-electron chi connectivity index (χ1n) is 5.60. The van der Waals surface area contributed by atoms with Gasteiger partial charge in [0.25, 0.3) is 0 Å². The van der Waals surface area contributed by atoms with Gasteiger partial charge in [0, 0.05) is 0 Å². The fourth-order valence-electron chi connectivity index (χ4n) is 1.94. The number of alkyl halides is 3. The molecule has 2 nitrogen and oxygen atoms in total. The average molecular weight is 264 g/mol. The third-order valence-electron chi connectivity index (χ3n) is 3.14. The lowest BCUT2D eigenvalue weighted by Crippen LogP contribution is -2.57. The summed E-state index contributed by atoms with van der Waals surface area (Å²) in [6, 6.07) is 10.5. The molecular formula is C14H11F3N2. The van der Waals surface area contributed by atoms with Crippen molar-refractivity contribution in [1.82, 2.24) is 0 Å². The Hall–Kier alpha value is -2.06. The highest BCUT2D eigenvalue weighted by atomic mass is 19.4. The molecule has 0 bridgehead atoms. The van der Waals surface area contributed by atoms with Gasteiger partial charge in [0.2, 0.25) is 0 Å². The number of nitrogens with zero attached hydrogens (tertiary/aromatic N) is 1. The van der Waals surface area contributed by atoms with E-state index in [1.54, 1.807) is 36.4 Å². The summed E-state index contributed by atoms with van der Waals surface area (Å²) >= 11 is 0. The zero-order valence-electron chi connectivity index (χ0n) is 9.85. The van der Waals surface area contributed by atoms with E-state index in [4.69, 9.17) is 11.0 Å². The van der Waals surface area contributed by atoms with Crippen molar-refractivity contribution in [2.24, 2.45) is 11.7 Å². The summed E-state index contributed by atoms with van der Waals surface area (Å²) in [5.74, 6) is -1.44. The van der Waals surface area contributed by atoms with Gasteiger partial charge in [-0.3, -0.25) is 0 Å². The van der Waals surface area contributed by atoms with Gasteiger partial charge < -0.3 is 5.73 Å².